The van der Waals surface area contributed by atoms with Gasteiger partial charge in [-0.1, -0.05) is 19.9 Å². The van der Waals surface area contributed by atoms with E-state index in [1.54, 1.807) is 7.11 Å². The highest BCUT2D eigenvalue weighted by molar-refractivity contribution is 5.45. The summed E-state index contributed by atoms with van der Waals surface area (Å²) in [5.41, 5.74) is 3.94. The lowest BCUT2D eigenvalue weighted by atomic mass is 9.84. The quantitative estimate of drug-likeness (QED) is 0.845. The first-order chi connectivity index (χ1) is 8.01. The molecule has 0 aliphatic rings. The molecule has 1 rings (SSSR count). The van der Waals surface area contributed by atoms with Gasteiger partial charge in [0.15, 0.2) is 0 Å². The van der Waals surface area contributed by atoms with Crippen molar-refractivity contribution in [3.63, 3.8) is 0 Å². The van der Waals surface area contributed by atoms with Crippen LogP contribution < -0.4 is 10.1 Å². The minimum absolute atomic E-state index is 0.496. The number of rotatable bonds is 5. The van der Waals surface area contributed by atoms with Gasteiger partial charge < -0.3 is 10.1 Å². The smallest absolute Gasteiger partial charge is 0.122 e. The molecular weight excluding hydrogens is 210 g/mol. The molecule has 0 aliphatic carbocycles. The summed E-state index contributed by atoms with van der Waals surface area (Å²) in [6.07, 6.45) is 0. The molecule has 0 heterocycles. The van der Waals surface area contributed by atoms with E-state index in [0.29, 0.717) is 11.8 Å². The monoisotopic (exact) mass is 235 g/mol. The summed E-state index contributed by atoms with van der Waals surface area (Å²) in [4.78, 5) is 0. The summed E-state index contributed by atoms with van der Waals surface area (Å²) >= 11 is 0. The first-order valence-electron chi connectivity index (χ1n) is 6.31. The molecule has 1 N–H and O–H groups in total. The standard InChI is InChI=1S/C15H25NO/c1-10(2)13(9-16-5)15-12(4)7-11(3)8-14(15)17-6/h7-8,10,13,16H,9H2,1-6H3. The number of likely N-dealkylation sites (N-methyl/N-ethyl adjacent to an activating group) is 1. The summed E-state index contributed by atoms with van der Waals surface area (Å²) in [6.45, 7) is 9.80. The SMILES string of the molecule is CNCC(c1c(C)cc(C)cc1OC)C(C)C. The molecule has 17 heavy (non-hydrogen) atoms. The summed E-state index contributed by atoms with van der Waals surface area (Å²) < 4.78 is 5.56. The summed E-state index contributed by atoms with van der Waals surface area (Å²) in [5.74, 6) is 2.12. The maximum Gasteiger partial charge on any atom is 0.122 e. The van der Waals surface area contributed by atoms with Gasteiger partial charge in [-0.2, -0.15) is 0 Å². The lowest BCUT2D eigenvalue weighted by Crippen LogP contribution is -2.22. The molecular formula is C15H25NO. The van der Waals surface area contributed by atoms with E-state index in [1.165, 1.54) is 16.7 Å². The maximum absolute atomic E-state index is 5.56. The number of ether oxygens (including phenoxy) is 1. The van der Waals surface area contributed by atoms with E-state index in [2.05, 4.69) is 45.1 Å². The number of methoxy groups -OCH3 is 1. The molecule has 0 fully saturated rings. The molecule has 1 aromatic carbocycles. The summed E-state index contributed by atoms with van der Waals surface area (Å²) in [6, 6.07) is 4.37. The van der Waals surface area contributed by atoms with E-state index in [4.69, 9.17) is 4.74 Å². The Morgan fingerprint density at radius 1 is 1.24 bits per heavy atom. The molecule has 0 spiro atoms. The van der Waals surface area contributed by atoms with Crippen LogP contribution in [0.15, 0.2) is 12.1 Å². The number of aryl methyl sites for hydroxylation is 2. The molecule has 96 valence electrons. The summed E-state index contributed by atoms with van der Waals surface area (Å²) in [7, 11) is 3.76. The normalized spacial score (nSPS) is 12.9. The van der Waals surface area contributed by atoms with Crippen molar-refractivity contribution in [2.45, 2.75) is 33.6 Å². The van der Waals surface area contributed by atoms with E-state index < -0.39 is 0 Å². The lowest BCUT2D eigenvalue weighted by Gasteiger charge is -2.25. The Morgan fingerprint density at radius 3 is 2.35 bits per heavy atom. The molecule has 0 saturated heterocycles. The van der Waals surface area contributed by atoms with Crippen LogP contribution in [0.3, 0.4) is 0 Å². The zero-order valence-corrected chi connectivity index (χ0v) is 11.9. The third-order valence-electron chi connectivity index (χ3n) is 3.31. The van der Waals surface area contributed by atoms with Crippen LogP contribution in [-0.2, 0) is 0 Å². The molecule has 0 aliphatic heterocycles. The van der Waals surface area contributed by atoms with Crippen molar-refractivity contribution < 1.29 is 4.74 Å². The molecule has 1 aromatic rings. The van der Waals surface area contributed by atoms with Gasteiger partial charge in [-0.25, -0.2) is 0 Å². The first-order valence-corrected chi connectivity index (χ1v) is 6.31. The highest BCUT2D eigenvalue weighted by atomic mass is 16.5. The molecule has 1 atom stereocenters. The average molecular weight is 235 g/mol. The van der Waals surface area contributed by atoms with E-state index in [1.807, 2.05) is 7.05 Å². The van der Waals surface area contributed by atoms with Gasteiger partial charge in [0.1, 0.15) is 5.75 Å². The van der Waals surface area contributed by atoms with Crippen LogP contribution in [0, 0.1) is 19.8 Å². The molecule has 0 aromatic heterocycles. The Balaban J connectivity index is 3.25. The van der Waals surface area contributed by atoms with Crippen LogP contribution >= 0.6 is 0 Å². The third kappa shape index (κ3) is 3.22. The molecule has 0 radical (unpaired) electrons. The predicted octanol–water partition coefficient (Wildman–Crippen LogP) is 3.27. The van der Waals surface area contributed by atoms with Crippen LogP contribution in [0.25, 0.3) is 0 Å². The van der Waals surface area contributed by atoms with Gasteiger partial charge in [0.25, 0.3) is 0 Å². The van der Waals surface area contributed by atoms with Crippen LogP contribution in [0.4, 0.5) is 0 Å². The number of hydrogen-bond acceptors (Lipinski definition) is 2. The predicted molar refractivity (Wildman–Crippen MR) is 74.0 cm³/mol. The van der Waals surface area contributed by atoms with Gasteiger partial charge in [-0.3, -0.25) is 0 Å². The average Bonchev–Trinajstić information content (AvgIpc) is 2.25. The largest absolute Gasteiger partial charge is 0.496 e. The van der Waals surface area contributed by atoms with Crippen molar-refractivity contribution in [3.05, 3.63) is 28.8 Å². The van der Waals surface area contributed by atoms with Crippen molar-refractivity contribution >= 4 is 0 Å². The Morgan fingerprint density at radius 2 is 1.88 bits per heavy atom. The molecule has 0 saturated carbocycles. The summed E-state index contributed by atoms with van der Waals surface area (Å²) in [5, 5.41) is 3.29. The fraction of sp³-hybridized carbons (Fsp3) is 0.600. The van der Waals surface area contributed by atoms with Gasteiger partial charge in [-0.15, -0.1) is 0 Å². The lowest BCUT2D eigenvalue weighted by molar-refractivity contribution is 0.390. The van der Waals surface area contributed by atoms with Crippen LogP contribution in [0.5, 0.6) is 5.75 Å². The number of nitrogens with one attached hydrogen (secondary N) is 1. The van der Waals surface area contributed by atoms with Crippen LogP contribution in [0.2, 0.25) is 0 Å². The zero-order chi connectivity index (χ0) is 13.0. The highest BCUT2D eigenvalue weighted by Crippen LogP contribution is 2.35. The molecule has 2 heteroatoms. The Labute approximate surface area is 105 Å². The van der Waals surface area contributed by atoms with Crippen molar-refractivity contribution in [3.8, 4) is 5.75 Å². The van der Waals surface area contributed by atoms with E-state index in [0.717, 1.165) is 12.3 Å². The fourth-order valence-corrected chi connectivity index (χ4v) is 2.47. The van der Waals surface area contributed by atoms with Crippen LogP contribution in [-0.4, -0.2) is 20.7 Å². The van der Waals surface area contributed by atoms with Crippen molar-refractivity contribution in [1.29, 1.82) is 0 Å². The zero-order valence-electron chi connectivity index (χ0n) is 11.9. The van der Waals surface area contributed by atoms with E-state index in [-0.39, 0.29) is 0 Å². The fourth-order valence-electron chi connectivity index (χ4n) is 2.47. The number of hydrogen-bond donors (Lipinski definition) is 1. The maximum atomic E-state index is 5.56. The molecule has 0 amide bonds. The van der Waals surface area contributed by atoms with Gasteiger partial charge in [-0.05, 0) is 44.0 Å². The first kappa shape index (κ1) is 14.0. The van der Waals surface area contributed by atoms with Gasteiger partial charge >= 0.3 is 0 Å². The second kappa shape index (κ2) is 6.06. The second-order valence-electron chi connectivity index (χ2n) is 5.11. The van der Waals surface area contributed by atoms with Gasteiger partial charge in [0.05, 0.1) is 7.11 Å². The van der Waals surface area contributed by atoms with E-state index >= 15 is 0 Å². The van der Waals surface area contributed by atoms with Crippen molar-refractivity contribution in [2.75, 3.05) is 20.7 Å². The van der Waals surface area contributed by atoms with Gasteiger partial charge in [0.2, 0.25) is 0 Å². The topological polar surface area (TPSA) is 21.3 Å². The Bertz CT molecular complexity index is 371. The second-order valence-corrected chi connectivity index (χ2v) is 5.11. The third-order valence-corrected chi connectivity index (χ3v) is 3.31. The Kier molecular flexibility index (Phi) is 5.01. The minimum atomic E-state index is 0.496. The minimum Gasteiger partial charge on any atom is -0.496 e. The van der Waals surface area contributed by atoms with Crippen molar-refractivity contribution in [2.24, 2.45) is 5.92 Å². The highest BCUT2D eigenvalue weighted by Gasteiger charge is 2.21. The Hall–Kier alpha value is -1.02. The van der Waals surface area contributed by atoms with Gasteiger partial charge in [0, 0.05) is 18.0 Å². The van der Waals surface area contributed by atoms with Crippen molar-refractivity contribution in [1.82, 2.24) is 5.32 Å². The number of benzene rings is 1. The molecule has 0 bridgehead atoms. The van der Waals surface area contributed by atoms with E-state index in [9.17, 15) is 0 Å². The molecule has 2 nitrogen and oxygen atoms in total. The van der Waals surface area contributed by atoms with Crippen LogP contribution in [0.1, 0.15) is 36.5 Å². The molecule has 1 unspecified atom stereocenters.